The van der Waals surface area contributed by atoms with Gasteiger partial charge in [0.25, 0.3) is 5.91 Å². The van der Waals surface area contributed by atoms with Gasteiger partial charge in [-0.3, -0.25) is 9.59 Å². The molecule has 25 heavy (non-hydrogen) atoms. The summed E-state index contributed by atoms with van der Waals surface area (Å²) in [5.74, 6) is 0.788. The van der Waals surface area contributed by atoms with Gasteiger partial charge in [0.1, 0.15) is 12.3 Å². The molecule has 1 atom stereocenters. The first-order valence-corrected chi connectivity index (χ1v) is 8.68. The van der Waals surface area contributed by atoms with Gasteiger partial charge in [-0.2, -0.15) is 0 Å². The average molecular weight is 341 g/mol. The molecule has 6 heteroatoms. The van der Waals surface area contributed by atoms with Crippen LogP contribution in [0.25, 0.3) is 10.9 Å². The number of piperazine rings is 1. The summed E-state index contributed by atoms with van der Waals surface area (Å²) in [4.78, 5) is 32.9. The van der Waals surface area contributed by atoms with Gasteiger partial charge in [-0.15, -0.1) is 0 Å². The molecule has 2 amide bonds. The number of carbonyl (C=O) groups is 2. The van der Waals surface area contributed by atoms with E-state index in [-0.39, 0.29) is 24.4 Å². The number of nitrogens with one attached hydrogen (secondary N) is 1. The molecule has 0 aliphatic carbocycles. The number of amides is 2. The summed E-state index contributed by atoms with van der Waals surface area (Å²) in [6.45, 7) is 6.49. The third-order valence-electron chi connectivity index (χ3n) is 5.63. The molecular formula is C19H23N3O3. The van der Waals surface area contributed by atoms with Crippen molar-refractivity contribution in [2.45, 2.75) is 38.8 Å². The van der Waals surface area contributed by atoms with E-state index in [1.807, 2.05) is 39.0 Å². The van der Waals surface area contributed by atoms with Crippen molar-refractivity contribution >= 4 is 22.7 Å². The Morgan fingerprint density at radius 3 is 2.72 bits per heavy atom. The van der Waals surface area contributed by atoms with Gasteiger partial charge < -0.3 is 19.5 Å². The van der Waals surface area contributed by atoms with E-state index < -0.39 is 5.54 Å². The number of hydrogen-bond donors (Lipinski definition) is 1. The lowest BCUT2D eigenvalue weighted by molar-refractivity contribution is -0.167. The van der Waals surface area contributed by atoms with Gasteiger partial charge in [0.2, 0.25) is 5.91 Å². The Morgan fingerprint density at radius 1 is 1.28 bits per heavy atom. The molecule has 6 nitrogen and oxygen atoms in total. The van der Waals surface area contributed by atoms with Gasteiger partial charge in [-0.05, 0) is 51.0 Å². The van der Waals surface area contributed by atoms with Crippen molar-refractivity contribution < 1.29 is 14.3 Å². The topological polar surface area (TPSA) is 65.6 Å². The second-order valence-electron chi connectivity index (χ2n) is 7.28. The fraction of sp³-hybridized carbons (Fsp3) is 0.474. The smallest absolute Gasteiger partial charge is 0.255 e. The minimum atomic E-state index is -0.973. The van der Waals surface area contributed by atoms with Crippen molar-refractivity contribution in [3.63, 3.8) is 0 Å². The Hall–Kier alpha value is -2.50. The molecule has 1 saturated heterocycles. The van der Waals surface area contributed by atoms with Crippen LogP contribution in [-0.2, 0) is 21.5 Å². The standard InChI is InChI=1S/C19H23N3O3/c1-11(2)21-10-16(23)22-8-7-13-14-9-12(25-4)5-6-15(14)20-17(13)19(22,3)18(21)24/h5-6,9,11,20H,7-8,10H2,1-4H3. The van der Waals surface area contributed by atoms with Gasteiger partial charge in [0.05, 0.1) is 12.8 Å². The molecule has 0 spiro atoms. The van der Waals surface area contributed by atoms with Gasteiger partial charge in [0.15, 0.2) is 5.54 Å². The van der Waals surface area contributed by atoms with Gasteiger partial charge in [-0.1, -0.05) is 0 Å². The fourth-order valence-electron chi connectivity index (χ4n) is 4.21. The summed E-state index contributed by atoms with van der Waals surface area (Å²) < 4.78 is 5.35. The summed E-state index contributed by atoms with van der Waals surface area (Å²) in [5.41, 5.74) is 1.94. The number of benzene rings is 1. The first kappa shape index (κ1) is 16.0. The monoisotopic (exact) mass is 341 g/mol. The number of carbonyl (C=O) groups excluding carboxylic acids is 2. The van der Waals surface area contributed by atoms with Gasteiger partial charge in [0, 0.05) is 23.5 Å². The molecule has 4 rings (SSSR count). The van der Waals surface area contributed by atoms with Crippen molar-refractivity contribution in [1.29, 1.82) is 0 Å². The van der Waals surface area contributed by atoms with E-state index in [2.05, 4.69) is 4.98 Å². The Labute approximate surface area is 146 Å². The SMILES string of the molecule is COc1ccc2[nH]c3c(c2c1)CCN1C(=O)CN(C(C)C)C(=O)C31C. The minimum absolute atomic E-state index is 0.00901. The zero-order valence-corrected chi connectivity index (χ0v) is 15.0. The second kappa shape index (κ2) is 5.25. The molecule has 0 saturated carbocycles. The van der Waals surface area contributed by atoms with Crippen LogP contribution < -0.4 is 4.74 Å². The number of aromatic amines is 1. The lowest BCUT2D eigenvalue weighted by Crippen LogP contribution is -2.67. The number of rotatable bonds is 2. The summed E-state index contributed by atoms with van der Waals surface area (Å²) in [6, 6.07) is 5.86. The van der Waals surface area contributed by atoms with E-state index in [4.69, 9.17) is 4.74 Å². The van der Waals surface area contributed by atoms with E-state index in [9.17, 15) is 9.59 Å². The third kappa shape index (κ3) is 2.03. The predicted octanol–water partition coefficient (Wildman–Crippen LogP) is 2.03. The molecule has 1 aromatic heterocycles. The molecule has 2 aliphatic rings. The van der Waals surface area contributed by atoms with E-state index in [0.29, 0.717) is 6.54 Å². The maximum atomic E-state index is 13.3. The Balaban J connectivity index is 1.93. The molecule has 0 radical (unpaired) electrons. The zero-order valence-electron chi connectivity index (χ0n) is 15.0. The van der Waals surface area contributed by atoms with Crippen molar-refractivity contribution in [2.75, 3.05) is 20.2 Å². The molecule has 3 heterocycles. The lowest BCUT2D eigenvalue weighted by Gasteiger charge is -2.50. The molecule has 132 valence electrons. The van der Waals surface area contributed by atoms with Crippen LogP contribution in [0, 0.1) is 0 Å². The largest absolute Gasteiger partial charge is 0.497 e. The molecule has 2 aliphatic heterocycles. The Bertz CT molecular complexity index is 885. The quantitative estimate of drug-likeness (QED) is 0.909. The highest BCUT2D eigenvalue weighted by molar-refractivity contribution is 6.01. The maximum absolute atomic E-state index is 13.3. The summed E-state index contributed by atoms with van der Waals surface area (Å²) in [5, 5.41) is 1.07. The van der Waals surface area contributed by atoms with Crippen molar-refractivity contribution in [2.24, 2.45) is 0 Å². The highest BCUT2D eigenvalue weighted by atomic mass is 16.5. The van der Waals surface area contributed by atoms with Crippen molar-refractivity contribution in [3.05, 3.63) is 29.5 Å². The van der Waals surface area contributed by atoms with Crippen LogP contribution >= 0.6 is 0 Å². The van der Waals surface area contributed by atoms with E-state index in [0.717, 1.165) is 34.3 Å². The number of H-pyrrole nitrogens is 1. The minimum Gasteiger partial charge on any atom is -0.497 e. The molecule has 1 unspecified atom stereocenters. The molecule has 2 aromatic rings. The van der Waals surface area contributed by atoms with Crippen LogP contribution in [0.2, 0.25) is 0 Å². The summed E-state index contributed by atoms with van der Waals surface area (Å²) in [6.07, 6.45) is 0.735. The molecule has 0 bridgehead atoms. The Morgan fingerprint density at radius 2 is 2.04 bits per heavy atom. The molecule has 1 aromatic carbocycles. The van der Waals surface area contributed by atoms with Crippen LogP contribution in [0.1, 0.15) is 32.0 Å². The number of hydrogen-bond acceptors (Lipinski definition) is 3. The number of ether oxygens (including phenoxy) is 1. The average Bonchev–Trinajstić information content (AvgIpc) is 2.97. The van der Waals surface area contributed by atoms with Crippen molar-refractivity contribution in [1.82, 2.24) is 14.8 Å². The predicted molar refractivity (Wildman–Crippen MR) is 94.5 cm³/mol. The number of nitrogens with zero attached hydrogens (tertiary/aromatic N) is 2. The summed E-state index contributed by atoms with van der Waals surface area (Å²) >= 11 is 0. The van der Waals surface area contributed by atoms with E-state index in [1.165, 1.54) is 0 Å². The van der Waals surface area contributed by atoms with E-state index >= 15 is 0 Å². The van der Waals surface area contributed by atoms with Gasteiger partial charge >= 0.3 is 0 Å². The van der Waals surface area contributed by atoms with Crippen LogP contribution in [0.5, 0.6) is 5.75 Å². The summed E-state index contributed by atoms with van der Waals surface area (Å²) in [7, 11) is 1.65. The zero-order chi connectivity index (χ0) is 17.9. The fourth-order valence-corrected chi connectivity index (χ4v) is 4.21. The first-order valence-electron chi connectivity index (χ1n) is 8.68. The normalized spacial score (nSPS) is 23.2. The van der Waals surface area contributed by atoms with Gasteiger partial charge in [-0.25, -0.2) is 0 Å². The molecule has 1 fully saturated rings. The van der Waals surface area contributed by atoms with Crippen LogP contribution in [0.4, 0.5) is 0 Å². The van der Waals surface area contributed by atoms with Crippen LogP contribution in [-0.4, -0.2) is 52.8 Å². The maximum Gasteiger partial charge on any atom is 0.255 e. The van der Waals surface area contributed by atoms with Crippen LogP contribution in [0.3, 0.4) is 0 Å². The van der Waals surface area contributed by atoms with Crippen LogP contribution in [0.15, 0.2) is 18.2 Å². The lowest BCUT2D eigenvalue weighted by atomic mass is 9.83. The highest BCUT2D eigenvalue weighted by Gasteiger charge is 2.54. The number of fused-ring (bicyclic) bond motifs is 5. The number of methoxy groups -OCH3 is 1. The second-order valence-corrected chi connectivity index (χ2v) is 7.28. The number of aromatic nitrogens is 1. The highest BCUT2D eigenvalue weighted by Crippen LogP contribution is 2.42. The molecular weight excluding hydrogens is 318 g/mol. The van der Waals surface area contributed by atoms with E-state index in [1.54, 1.807) is 16.9 Å². The van der Waals surface area contributed by atoms with Crippen molar-refractivity contribution in [3.8, 4) is 5.75 Å². The Kier molecular flexibility index (Phi) is 3.36. The first-order chi connectivity index (χ1) is 11.9. The molecule has 1 N–H and O–H groups in total. The third-order valence-corrected chi connectivity index (χ3v) is 5.63.